The maximum absolute atomic E-state index is 5.78. The van der Waals surface area contributed by atoms with Gasteiger partial charge in [0.05, 0.1) is 0 Å². The van der Waals surface area contributed by atoms with Crippen molar-refractivity contribution in [3.8, 4) is 5.95 Å². The number of nitrogens with zero attached hydrogens (tertiary/aromatic N) is 6. The van der Waals surface area contributed by atoms with Gasteiger partial charge in [-0.15, -0.1) is 0 Å². The van der Waals surface area contributed by atoms with Crippen LogP contribution >= 0.6 is 11.6 Å². The van der Waals surface area contributed by atoms with E-state index in [4.69, 9.17) is 11.6 Å². The van der Waals surface area contributed by atoms with Crippen molar-refractivity contribution in [1.82, 2.24) is 29.7 Å². The van der Waals surface area contributed by atoms with Crippen molar-refractivity contribution in [2.24, 2.45) is 0 Å². The molecule has 0 aromatic carbocycles. The van der Waals surface area contributed by atoms with Crippen LogP contribution in [0.15, 0.2) is 12.7 Å². The minimum absolute atomic E-state index is 0.124. The smallest absolute Gasteiger partial charge is 0.258 e. The number of anilines is 1. The van der Waals surface area contributed by atoms with E-state index in [1.807, 2.05) is 6.92 Å². The van der Waals surface area contributed by atoms with Gasteiger partial charge in [-0.25, -0.2) is 4.98 Å². The second-order valence-corrected chi connectivity index (χ2v) is 3.33. The molecule has 0 atom stereocenters. The average Bonchev–Trinajstić information content (AvgIpc) is 2.79. The molecule has 0 aliphatic rings. The van der Waals surface area contributed by atoms with E-state index in [-0.39, 0.29) is 5.28 Å². The predicted molar refractivity (Wildman–Crippen MR) is 58.5 cm³/mol. The molecule has 2 aromatic heterocycles. The van der Waals surface area contributed by atoms with Gasteiger partial charge in [0, 0.05) is 6.54 Å². The molecule has 8 heteroatoms. The molecule has 0 amide bonds. The lowest BCUT2D eigenvalue weighted by Crippen LogP contribution is -2.09. The third-order valence-electron chi connectivity index (χ3n) is 1.75. The fraction of sp³-hybridized carbons (Fsp3) is 0.375. The van der Waals surface area contributed by atoms with Crippen LogP contribution in [0.4, 0.5) is 5.95 Å². The Morgan fingerprint density at radius 2 is 2.25 bits per heavy atom. The Hall–Kier alpha value is -1.76. The topological polar surface area (TPSA) is 81.4 Å². The largest absolute Gasteiger partial charge is 0.354 e. The van der Waals surface area contributed by atoms with Gasteiger partial charge in [-0.2, -0.15) is 24.7 Å². The molecule has 2 rings (SSSR count). The highest BCUT2D eigenvalue weighted by atomic mass is 35.5. The summed E-state index contributed by atoms with van der Waals surface area (Å²) in [5.74, 6) is 0.781. The molecule has 0 saturated heterocycles. The van der Waals surface area contributed by atoms with Gasteiger partial charge in [-0.1, -0.05) is 6.92 Å². The molecule has 84 valence electrons. The van der Waals surface area contributed by atoms with E-state index < -0.39 is 0 Å². The monoisotopic (exact) mass is 239 g/mol. The van der Waals surface area contributed by atoms with Crippen LogP contribution in [0.3, 0.4) is 0 Å². The summed E-state index contributed by atoms with van der Waals surface area (Å²) in [4.78, 5) is 15.9. The van der Waals surface area contributed by atoms with Crippen molar-refractivity contribution in [2.75, 3.05) is 11.9 Å². The fourth-order valence-electron chi connectivity index (χ4n) is 1.07. The number of aromatic nitrogens is 6. The van der Waals surface area contributed by atoms with Crippen LogP contribution in [0.25, 0.3) is 5.95 Å². The minimum Gasteiger partial charge on any atom is -0.354 e. The molecule has 7 nitrogen and oxygen atoms in total. The van der Waals surface area contributed by atoms with Crippen molar-refractivity contribution in [1.29, 1.82) is 0 Å². The summed E-state index contributed by atoms with van der Waals surface area (Å²) < 4.78 is 1.42. The molecule has 2 aromatic rings. The minimum atomic E-state index is 0.124. The standard InChI is InChI=1S/C8H10ClN7/c1-2-3-11-7-13-6(9)14-8(15-7)16-5-10-4-12-16/h4-5H,2-3H2,1H3,(H,11,13,14,15). The Kier molecular flexibility index (Phi) is 3.25. The Labute approximate surface area is 96.9 Å². The number of hydrogen-bond donors (Lipinski definition) is 1. The molecule has 2 heterocycles. The quantitative estimate of drug-likeness (QED) is 0.855. The van der Waals surface area contributed by atoms with Gasteiger partial charge >= 0.3 is 0 Å². The maximum Gasteiger partial charge on any atom is 0.258 e. The third-order valence-corrected chi connectivity index (χ3v) is 1.92. The van der Waals surface area contributed by atoms with Crippen LogP contribution in [-0.2, 0) is 0 Å². The Morgan fingerprint density at radius 1 is 1.38 bits per heavy atom. The van der Waals surface area contributed by atoms with Crippen molar-refractivity contribution in [3.05, 3.63) is 17.9 Å². The van der Waals surface area contributed by atoms with Crippen LogP contribution in [0, 0.1) is 0 Å². The zero-order valence-electron chi connectivity index (χ0n) is 8.63. The maximum atomic E-state index is 5.78. The zero-order chi connectivity index (χ0) is 11.4. The van der Waals surface area contributed by atoms with Crippen LogP contribution in [0.1, 0.15) is 13.3 Å². The van der Waals surface area contributed by atoms with Gasteiger partial charge in [0.15, 0.2) is 0 Å². The first-order valence-corrected chi connectivity index (χ1v) is 5.18. The Morgan fingerprint density at radius 3 is 2.94 bits per heavy atom. The second-order valence-electron chi connectivity index (χ2n) is 2.99. The molecule has 16 heavy (non-hydrogen) atoms. The van der Waals surface area contributed by atoms with Gasteiger partial charge in [-0.3, -0.25) is 0 Å². The van der Waals surface area contributed by atoms with Crippen molar-refractivity contribution in [2.45, 2.75) is 13.3 Å². The highest BCUT2D eigenvalue weighted by Crippen LogP contribution is 2.08. The molecule has 0 saturated carbocycles. The summed E-state index contributed by atoms with van der Waals surface area (Å²) in [7, 11) is 0. The molecule has 0 unspecified atom stereocenters. The Balaban J connectivity index is 2.29. The number of nitrogens with one attached hydrogen (secondary N) is 1. The highest BCUT2D eigenvalue weighted by Gasteiger charge is 2.06. The summed E-state index contributed by atoms with van der Waals surface area (Å²) in [5, 5.41) is 7.07. The van der Waals surface area contributed by atoms with Crippen LogP contribution < -0.4 is 5.32 Å². The molecule has 0 spiro atoms. The van der Waals surface area contributed by atoms with Gasteiger partial charge in [0.25, 0.3) is 5.95 Å². The summed E-state index contributed by atoms with van der Waals surface area (Å²) >= 11 is 5.78. The number of hydrogen-bond acceptors (Lipinski definition) is 6. The Bertz CT molecular complexity index is 455. The first-order chi connectivity index (χ1) is 7.79. The van der Waals surface area contributed by atoms with E-state index in [2.05, 4.69) is 30.4 Å². The summed E-state index contributed by atoms with van der Waals surface area (Å²) in [6.07, 6.45) is 3.87. The summed E-state index contributed by atoms with van der Waals surface area (Å²) in [6.45, 7) is 2.82. The first kappa shape index (κ1) is 10.7. The van der Waals surface area contributed by atoms with Crippen LogP contribution in [0.2, 0.25) is 5.28 Å². The van der Waals surface area contributed by atoms with E-state index in [0.717, 1.165) is 13.0 Å². The molecule has 0 radical (unpaired) electrons. The van der Waals surface area contributed by atoms with Crippen molar-refractivity contribution in [3.63, 3.8) is 0 Å². The first-order valence-electron chi connectivity index (χ1n) is 4.80. The molecule has 0 bridgehead atoms. The normalized spacial score (nSPS) is 10.4. The number of rotatable bonds is 4. The summed E-state index contributed by atoms with van der Waals surface area (Å²) in [6, 6.07) is 0. The predicted octanol–water partition coefficient (Wildman–Crippen LogP) is 0.928. The number of halogens is 1. The lowest BCUT2D eigenvalue weighted by atomic mass is 10.5. The van der Waals surface area contributed by atoms with Crippen molar-refractivity contribution >= 4 is 17.5 Å². The van der Waals surface area contributed by atoms with Gasteiger partial charge in [0.2, 0.25) is 11.2 Å². The van der Waals surface area contributed by atoms with Gasteiger partial charge in [-0.05, 0) is 18.0 Å². The van der Waals surface area contributed by atoms with Crippen LogP contribution in [-0.4, -0.2) is 36.3 Å². The van der Waals surface area contributed by atoms with E-state index in [0.29, 0.717) is 11.9 Å². The molecule has 0 aliphatic heterocycles. The fourth-order valence-corrected chi connectivity index (χ4v) is 1.23. The van der Waals surface area contributed by atoms with Gasteiger partial charge < -0.3 is 5.32 Å². The SMILES string of the molecule is CCCNc1nc(Cl)nc(-n2cncn2)n1. The summed E-state index contributed by atoms with van der Waals surface area (Å²) in [5.41, 5.74) is 0. The highest BCUT2D eigenvalue weighted by molar-refractivity contribution is 6.28. The third kappa shape index (κ3) is 2.43. The zero-order valence-corrected chi connectivity index (χ0v) is 9.39. The molecule has 0 aliphatic carbocycles. The van der Waals surface area contributed by atoms with E-state index in [9.17, 15) is 0 Å². The van der Waals surface area contributed by atoms with Gasteiger partial charge in [0.1, 0.15) is 12.7 Å². The molecular formula is C8H10ClN7. The van der Waals surface area contributed by atoms with E-state index >= 15 is 0 Å². The van der Waals surface area contributed by atoms with E-state index in [1.54, 1.807) is 0 Å². The molecular weight excluding hydrogens is 230 g/mol. The molecule has 1 N–H and O–H groups in total. The van der Waals surface area contributed by atoms with E-state index in [1.165, 1.54) is 17.3 Å². The van der Waals surface area contributed by atoms with Crippen molar-refractivity contribution < 1.29 is 0 Å². The molecule has 0 fully saturated rings. The van der Waals surface area contributed by atoms with Crippen LogP contribution in [0.5, 0.6) is 0 Å². The second kappa shape index (κ2) is 4.84. The lowest BCUT2D eigenvalue weighted by molar-refractivity contribution is 0.792. The average molecular weight is 240 g/mol. The lowest BCUT2D eigenvalue weighted by Gasteiger charge is -2.04.